The quantitative estimate of drug-likeness (QED) is 0.381. The van der Waals surface area contributed by atoms with Gasteiger partial charge in [0.25, 0.3) is 0 Å². The minimum Gasteiger partial charge on any atom is -0.388 e. The Morgan fingerprint density at radius 2 is 1.91 bits per heavy atom. The van der Waals surface area contributed by atoms with Crippen LogP contribution in [0.5, 0.6) is 0 Å². The summed E-state index contributed by atoms with van der Waals surface area (Å²) in [4.78, 5) is 17.4. The zero-order chi connectivity index (χ0) is 22.7. The smallest absolute Gasteiger partial charge is 0.164 e. The van der Waals surface area contributed by atoms with Gasteiger partial charge in [0.1, 0.15) is 41.5 Å². The van der Waals surface area contributed by atoms with E-state index in [0.717, 1.165) is 27.9 Å². The Kier molecular flexibility index (Phi) is 4.54. The van der Waals surface area contributed by atoms with Crippen molar-refractivity contribution in [1.82, 2.24) is 28.9 Å². The van der Waals surface area contributed by atoms with Gasteiger partial charge in [-0.1, -0.05) is 6.07 Å². The SMILES string of the molecule is Cc1nc2cc(CC[C@H]3O[C@@H](n4ccc5c(N)ncnc54)[C@H](O)[C@@H]3O)ccc2c2nccn12. The molecule has 5 aromatic rings. The van der Waals surface area contributed by atoms with Crippen molar-refractivity contribution in [2.75, 3.05) is 5.73 Å². The van der Waals surface area contributed by atoms with Gasteiger partial charge in [0.15, 0.2) is 6.23 Å². The third-order valence-electron chi connectivity index (χ3n) is 6.44. The van der Waals surface area contributed by atoms with E-state index in [4.69, 9.17) is 15.5 Å². The lowest BCUT2D eigenvalue weighted by Gasteiger charge is -2.17. The first-order valence-corrected chi connectivity index (χ1v) is 10.8. The predicted octanol–water partition coefficient (Wildman–Crippen LogP) is 1.77. The number of hydrogen-bond acceptors (Lipinski definition) is 8. The van der Waals surface area contributed by atoms with Crippen molar-refractivity contribution in [3.05, 3.63) is 60.6 Å². The average Bonchev–Trinajstić information content (AvgIpc) is 3.52. The number of aliphatic hydroxyl groups is 2. The highest BCUT2D eigenvalue weighted by Gasteiger charge is 2.43. The molecule has 1 fully saturated rings. The molecule has 1 aliphatic heterocycles. The summed E-state index contributed by atoms with van der Waals surface area (Å²) < 4.78 is 9.75. The number of nitrogen functional groups attached to an aromatic ring is 1. The maximum absolute atomic E-state index is 10.7. The molecule has 10 heteroatoms. The topological polar surface area (TPSA) is 137 Å². The highest BCUT2D eigenvalue weighted by atomic mass is 16.6. The number of aryl methyl sites for hydroxylation is 2. The van der Waals surface area contributed by atoms with Gasteiger partial charge in [-0.2, -0.15) is 0 Å². The Hall–Kier alpha value is -3.60. The van der Waals surface area contributed by atoms with Crippen LogP contribution in [0.3, 0.4) is 0 Å². The van der Waals surface area contributed by atoms with Gasteiger partial charge in [-0.15, -0.1) is 0 Å². The van der Waals surface area contributed by atoms with Crippen LogP contribution in [0.4, 0.5) is 5.82 Å². The molecule has 4 atom stereocenters. The van der Waals surface area contributed by atoms with E-state index in [-0.39, 0.29) is 0 Å². The van der Waals surface area contributed by atoms with Crippen LogP contribution < -0.4 is 5.73 Å². The van der Waals surface area contributed by atoms with Crippen LogP contribution in [-0.4, -0.2) is 57.4 Å². The maximum atomic E-state index is 10.7. The fourth-order valence-corrected chi connectivity index (χ4v) is 4.71. The summed E-state index contributed by atoms with van der Waals surface area (Å²) in [6, 6.07) is 7.90. The number of benzene rings is 1. The molecule has 0 spiro atoms. The van der Waals surface area contributed by atoms with Gasteiger partial charge in [-0.25, -0.2) is 19.9 Å². The first-order valence-electron chi connectivity index (χ1n) is 10.8. The standard InChI is InChI=1S/C23H23N7O3/c1-12-28-16-10-13(2-4-14(16)21-25-7-9-29(12)21)3-5-17-18(31)19(32)23(33-17)30-8-6-15-20(24)26-11-27-22(15)30/h2,4,6-11,17-19,23,31-32H,3,5H2,1H3,(H2,24,26,27)/t17-,18-,19-,23-/m1/s1. The molecule has 0 amide bonds. The molecule has 4 aromatic heterocycles. The molecule has 0 bridgehead atoms. The molecular formula is C23H23N7O3. The fourth-order valence-electron chi connectivity index (χ4n) is 4.71. The third-order valence-corrected chi connectivity index (χ3v) is 6.44. The lowest BCUT2D eigenvalue weighted by molar-refractivity contribution is -0.0364. The molecule has 0 saturated carbocycles. The first-order chi connectivity index (χ1) is 16.0. The number of hydrogen-bond donors (Lipinski definition) is 3. The summed E-state index contributed by atoms with van der Waals surface area (Å²) in [5.41, 5.74) is 9.31. The molecular weight excluding hydrogens is 422 g/mol. The maximum Gasteiger partial charge on any atom is 0.164 e. The predicted molar refractivity (Wildman–Crippen MR) is 121 cm³/mol. The number of fused-ring (bicyclic) bond motifs is 4. The number of aromatic nitrogens is 6. The molecule has 1 aromatic carbocycles. The minimum atomic E-state index is -1.09. The van der Waals surface area contributed by atoms with Crippen molar-refractivity contribution in [3.8, 4) is 0 Å². The van der Waals surface area contributed by atoms with Gasteiger partial charge >= 0.3 is 0 Å². The number of nitrogens with two attached hydrogens (primary N) is 1. The van der Waals surface area contributed by atoms with Crippen molar-refractivity contribution in [2.24, 2.45) is 0 Å². The lowest BCUT2D eigenvalue weighted by Crippen LogP contribution is -2.31. The average molecular weight is 445 g/mol. The Bertz CT molecular complexity index is 1490. The fraction of sp³-hybridized carbons (Fsp3) is 0.304. The van der Waals surface area contributed by atoms with Crippen LogP contribution in [-0.2, 0) is 11.2 Å². The Morgan fingerprint density at radius 3 is 2.79 bits per heavy atom. The number of nitrogens with zero attached hydrogens (tertiary/aromatic N) is 6. The summed E-state index contributed by atoms with van der Waals surface area (Å²) in [5, 5.41) is 23.0. The monoisotopic (exact) mass is 445 g/mol. The van der Waals surface area contributed by atoms with Crippen molar-refractivity contribution >= 4 is 33.4 Å². The number of anilines is 1. The molecule has 0 radical (unpaired) electrons. The molecule has 5 heterocycles. The zero-order valence-corrected chi connectivity index (χ0v) is 17.9. The van der Waals surface area contributed by atoms with E-state index in [1.165, 1.54) is 6.33 Å². The molecule has 0 aliphatic carbocycles. The van der Waals surface area contributed by atoms with E-state index < -0.39 is 24.5 Å². The highest BCUT2D eigenvalue weighted by Crippen LogP contribution is 2.34. The van der Waals surface area contributed by atoms with E-state index >= 15 is 0 Å². The number of rotatable bonds is 4. The van der Waals surface area contributed by atoms with E-state index in [0.29, 0.717) is 29.7 Å². The second-order valence-electron chi connectivity index (χ2n) is 8.44. The lowest BCUT2D eigenvalue weighted by atomic mass is 10.0. The molecule has 168 valence electrons. The van der Waals surface area contributed by atoms with Gasteiger partial charge in [-0.05, 0) is 43.5 Å². The summed E-state index contributed by atoms with van der Waals surface area (Å²) in [5.74, 6) is 1.23. The molecule has 10 nitrogen and oxygen atoms in total. The van der Waals surface area contributed by atoms with Crippen LogP contribution in [0.2, 0.25) is 0 Å². The van der Waals surface area contributed by atoms with E-state index in [1.54, 1.807) is 23.0 Å². The minimum absolute atomic E-state index is 0.358. The van der Waals surface area contributed by atoms with E-state index in [1.807, 2.05) is 35.7 Å². The zero-order valence-electron chi connectivity index (χ0n) is 17.9. The van der Waals surface area contributed by atoms with Crippen molar-refractivity contribution in [2.45, 2.75) is 44.3 Å². The van der Waals surface area contributed by atoms with Crippen molar-refractivity contribution in [3.63, 3.8) is 0 Å². The van der Waals surface area contributed by atoms with Crippen LogP contribution in [0.15, 0.2) is 49.2 Å². The number of aliphatic hydroxyl groups excluding tert-OH is 2. The van der Waals surface area contributed by atoms with Crippen LogP contribution >= 0.6 is 0 Å². The molecule has 6 rings (SSSR count). The van der Waals surface area contributed by atoms with Gasteiger partial charge in [0.2, 0.25) is 0 Å². The van der Waals surface area contributed by atoms with Gasteiger partial charge in [0, 0.05) is 24.0 Å². The first kappa shape index (κ1) is 20.0. The Balaban J connectivity index is 1.23. The third kappa shape index (κ3) is 3.14. The van der Waals surface area contributed by atoms with Crippen LogP contribution in [0.25, 0.3) is 27.6 Å². The normalized spacial score (nSPS) is 23.2. The second-order valence-corrected chi connectivity index (χ2v) is 8.44. The van der Waals surface area contributed by atoms with Gasteiger partial charge in [0.05, 0.1) is 17.0 Å². The molecule has 4 N–H and O–H groups in total. The number of ether oxygens (including phenoxy) is 1. The summed E-state index contributed by atoms with van der Waals surface area (Å²) >= 11 is 0. The van der Waals surface area contributed by atoms with Gasteiger partial charge < -0.3 is 25.3 Å². The largest absolute Gasteiger partial charge is 0.388 e. The van der Waals surface area contributed by atoms with Crippen LogP contribution in [0, 0.1) is 6.92 Å². The highest BCUT2D eigenvalue weighted by molar-refractivity contribution is 5.91. The van der Waals surface area contributed by atoms with Crippen molar-refractivity contribution in [1.29, 1.82) is 0 Å². The molecule has 1 saturated heterocycles. The summed E-state index contributed by atoms with van der Waals surface area (Å²) in [6.07, 6.45) is 4.61. The summed E-state index contributed by atoms with van der Waals surface area (Å²) in [7, 11) is 0. The molecule has 33 heavy (non-hydrogen) atoms. The summed E-state index contributed by atoms with van der Waals surface area (Å²) in [6.45, 7) is 1.95. The second kappa shape index (κ2) is 7.48. The molecule has 1 aliphatic rings. The van der Waals surface area contributed by atoms with Gasteiger partial charge in [-0.3, -0.25) is 4.40 Å². The Morgan fingerprint density at radius 1 is 1.03 bits per heavy atom. The van der Waals surface area contributed by atoms with E-state index in [9.17, 15) is 10.2 Å². The van der Waals surface area contributed by atoms with E-state index in [2.05, 4.69) is 15.0 Å². The Labute approximate surface area is 188 Å². The van der Waals surface area contributed by atoms with Crippen molar-refractivity contribution < 1.29 is 14.9 Å². The molecule has 0 unspecified atom stereocenters. The number of imidazole rings is 1. The van der Waals surface area contributed by atoms with Crippen LogP contribution in [0.1, 0.15) is 24.0 Å².